The van der Waals surface area contributed by atoms with Crippen molar-refractivity contribution in [3.8, 4) is 0 Å². The van der Waals surface area contributed by atoms with E-state index in [2.05, 4.69) is 9.71 Å². The van der Waals surface area contributed by atoms with E-state index in [-0.39, 0.29) is 0 Å². The van der Waals surface area contributed by atoms with Gasteiger partial charge in [0.05, 0.1) is 5.25 Å². The summed E-state index contributed by atoms with van der Waals surface area (Å²) in [6.07, 6.45) is 4.97. The molecule has 1 aromatic heterocycles. The van der Waals surface area contributed by atoms with Gasteiger partial charge >= 0.3 is 0 Å². The topological polar surface area (TPSA) is 76.1 Å². The van der Waals surface area contributed by atoms with Gasteiger partial charge in [-0.1, -0.05) is 20.3 Å². The Morgan fingerprint density at radius 1 is 1.42 bits per heavy atom. The molecule has 0 aliphatic carbocycles. The third-order valence-corrected chi connectivity index (χ3v) is 4.75. The second-order valence-corrected chi connectivity index (χ2v) is 6.56. The lowest BCUT2D eigenvalue weighted by Gasteiger charge is -2.14. The highest BCUT2D eigenvalue weighted by atomic mass is 32.2. The number of carbonyl (C=O) groups is 1. The van der Waals surface area contributed by atoms with Crippen LogP contribution in [-0.4, -0.2) is 24.6 Å². The van der Waals surface area contributed by atoms with Crippen molar-refractivity contribution >= 4 is 15.9 Å². The second-order valence-electron chi connectivity index (χ2n) is 4.46. The van der Waals surface area contributed by atoms with Crippen LogP contribution in [0.15, 0.2) is 18.5 Å². The molecule has 0 aliphatic rings. The molecule has 5 nitrogen and oxygen atoms in total. The highest BCUT2D eigenvalue weighted by molar-refractivity contribution is 7.90. The number of aromatic nitrogens is 1. The van der Waals surface area contributed by atoms with Gasteiger partial charge in [-0.2, -0.15) is 0 Å². The van der Waals surface area contributed by atoms with Gasteiger partial charge in [-0.15, -0.1) is 0 Å². The van der Waals surface area contributed by atoms with Gasteiger partial charge in [0.2, 0.25) is 10.0 Å². The van der Waals surface area contributed by atoms with Gasteiger partial charge < -0.3 is 0 Å². The van der Waals surface area contributed by atoms with Crippen LogP contribution >= 0.6 is 0 Å². The summed E-state index contributed by atoms with van der Waals surface area (Å²) < 4.78 is 26.0. The zero-order valence-corrected chi connectivity index (χ0v) is 12.3. The Bertz CT molecular complexity index is 541. The number of carbonyl (C=O) groups excluding carboxylic acids is 1. The summed E-state index contributed by atoms with van der Waals surface area (Å²) in [5, 5.41) is -0.576. The molecule has 19 heavy (non-hydrogen) atoms. The van der Waals surface area contributed by atoms with E-state index >= 15 is 0 Å². The second kappa shape index (κ2) is 6.65. The van der Waals surface area contributed by atoms with E-state index < -0.39 is 21.2 Å². The van der Waals surface area contributed by atoms with E-state index in [0.29, 0.717) is 18.4 Å². The molecule has 0 saturated heterocycles. The molecule has 1 heterocycles. The lowest BCUT2D eigenvalue weighted by atomic mass is 10.1. The first-order chi connectivity index (χ1) is 8.92. The zero-order valence-electron chi connectivity index (χ0n) is 11.5. The van der Waals surface area contributed by atoms with Crippen molar-refractivity contribution in [2.45, 2.75) is 45.3 Å². The quantitative estimate of drug-likeness (QED) is 0.865. The van der Waals surface area contributed by atoms with Crippen molar-refractivity contribution in [1.29, 1.82) is 0 Å². The number of nitrogens with zero attached hydrogens (tertiary/aromatic N) is 1. The molecule has 1 amide bonds. The SMILES string of the molecule is CCCC(C)S(=O)(=O)NC(=O)c1ccncc1CC. The number of pyridine rings is 1. The largest absolute Gasteiger partial charge is 0.268 e. The van der Waals surface area contributed by atoms with E-state index in [1.54, 1.807) is 13.1 Å². The van der Waals surface area contributed by atoms with E-state index in [1.165, 1.54) is 12.3 Å². The van der Waals surface area contributed by atoms with Crippen LogP contribution in [0.25, 0.3) is 0 Å². The number of nitrogens with one attached hydrogen (secondary N) is 1. The maximum atomic E-state index is 12.0. The molecule has 1 unspecified atom stereocenters. The number of rotatable bonds is 6. The number of hydrogen-bond acceptors (Lipinski definition) is 4. The smallest absolute Gasteiger partial charge is 0.265 e. The van der Waals surface area contributed by atoms with Crippen LogP contribution in [0.2, 0.25) is 0 Å². The molecule has 106 valence electrons. The molecule has 1 N–H and O–H groups in total. The van der Waals surface area contributed by atoms with E-state index in [4.69, 9.17) is 0 Å². The van der Waals surface area contributed by atoms with Gasteiger partial charge in [0.1, 0.15) is 0 Å². The molecule has 0 aliphatic heterocycles. The molecule has 6 heteroatoms. The van der Waals surface area contributed by atoms with E-state index in [0.717, 1.165) is 12.0 Å². The van der Waals surface area contributed by atoms with Crippen LogP contribution in [0.5, 0.6) is 0 Å². The van der Waals surface area contributed by atoms with E-state index in [1.807, 2.05) is 13.8 Å². The standard InChI is InChI=1S/C13H20N2O3S/c1-4-6-10(3)19(17,18)15-13(16)12-7-8-14-9-11(12)5-2/h7-10H,4-6H2,1-3H3,(H,15,16). The number of hydrogen-bond donors (Lipinski definition) is 1. The Kier molecular flexibility index (Phi) is 5.47. The third-order valence-electron chi connectivity index (χ3n) is 2.99. The molecule has 0 aromatic carbocycles. The summed E-state index contributed by atoms with van der Waals surface area (Å²) in [7, 11) is -3.61. The lowest BCUT2D eigenvalue weighted by molar-refractivity contribution is 0.0980. The fraction of sp³-hybridized carbons (Fsp3) is 0.538. The Morgan fingerprint density at radius 2 is 2.11 bits per heavy atom. The zero-order chi connectivity index (χ0) is 14.5. The van der Waals surface area contributed by atoms with Crippen molar-refractivity contribution in [3.63, 3.8) is 0 Å². The van der Waals surface area contributed by atoms with Crippen molar-refractivity contribution in [1.82, 2.24) is 9.71 Å². The van der Waals surface area contributed by atoms with Crippen LogP contribution in [0, 0.1) is 0 Å². The van der Waals surface area contributed by atoms with Gasteiger partial charge in [0.15, 0.2) is 0 Å². The Hall–Kier alpha value is -1.43. The van der Waals surface area contributed by atoms with E-state index in [9.17, 15) is 13.2 Å². The number of aryl methyl sites for hydroxylation is 1. The maximum Gasteiger partial charge on any atom is 0.265 e. The van der Waals surface area contributed by atoms with Gasteiger partial charge in [-0.05, 0) is 31.4 Å². The normalized spacial score (nSPS) is 13.0. The van der Waals surface area contributed by atoms with Crippen LogP contribution < -0.4 is 4.72 Å². The maximum absolute atomic E-state index is 12.0. The molecule has 0 fully saturated rings. The summed E-state index contributed by atoms with van der Waals surface area (Å²) in [5.74, 6) is -0.581. The third kappa shape index (κ3) is 4.02. The minimum Gasteiger partial charge on any atom is -0.268 e. The van der Waals surface area contributed by atoms with Gasteiger partial charge in [-0.25, -0.2) is 13.1 Å². The Labute approximate surface area is 114 Å². The number of amides is 1. The fourth-order valence-electron chi connectivity index (χ4n) is 1.78. The molecule has 0 radical (unpaired) electrons. The van der Waals surface area contributed by atoms with Crippen LogP contribution in [0.1, 0.15) is 49.5 Å². The summed E-state index contributed by atoms with van der Waals surface area (Å²) in [6, 6.07) is 1.54. The Balaban J connectivity index is 2.91. The highest BCUT2D eigenvalue weighted by Crippen LogP contribution is 2.11. The predicted octanol–water partition coefficient (Wildman–Crippen LogP) is 1.89. The summed E-state index contributed by atoms with van der Waals surface area (Å²) in [5.41, 5.74) is 1.10. The molecular weight excluding hydrogens is 264 g/mol. The highest BCUT2D eigenvalue weighted by Gasteiger charge is 2.23. The summed E-state index contributed by atoms with van der Waals surface area (Å²) in [6.45, 7) is 5.40. The molecule has 0 spiro atoms. The number of sulfonamides is 1. The summed E-state index contributed by atoms with van der Waals surface area (Å²) in [4.78, 5) is 16.0. The van der Waals surface area contributed by atoms with Gasteiger partial charge in [0, 0.05) is 18.0 Å². The van der Waals surface area contributed by atoms with Crippen LogP contribution in [-0.2, 0) is 16.4 Å². The Morgan fingerprint density at radius 3 is 2.68 bits per heavy atom. The molecule has 1 atom stereocenters. The van der Waals surface area contributed by atoms with Crippen molar-refractivity contribution in [2.75, 3.05) is 0 Å². The summed E-state index contributed by atoms with van der Waals surface area (Å²) >= 11 is 0. The molecule has 1 aromatic rings. The molecule has 0 bridgehead atoms. The first-order valence-corrected chi connectivity index (χ1v) is 7.95. The molecule has 1 rings (SSSR count). The first kappa shape index (κ1) is 15.6. The monoisotopic (exact) mass is 284 g/mol. The minimum atomic E-state index is -3.61. The van der Waals surface area contributed by atoms with Crippen molar-refractivity contribution in [3.05, 3.63) is 29.6 Å². The lowest BCUT2D eigenvalue weighted by Crippen LogP contribution is -2.37. The molecular formula is C13H20N2O3S. The minimum absolute atomic E-state index is 0.366. The van der Waals surface area contributed by atoms with Crippen molar-refractivity contribution in [2.24, 2.45) is 0 Å². The molecule has 0 saturated carbocycles. The van der Waals surface area contributed by atoms with Gasteiger partial charge in [0.25, 0.3) is 5.91 Å². The fourth-order valence-corrected chi connectivity index (χ4v) is 2.89. The first-order valence-electron chi connectivity index (χ1n) is 6.41. The average Bonchev–Trinajstić information content (AvgIpc) is 2.38. The predicted molar refractivity (Wildman–Crippen MR) is 74.4 cm³/mol. The van der Waals surface area contributed by atoms with Crippen LogP contribution in [0.3, 0.4) is 0 Å². The average molecular weight is 284 g/mol. The van der Waals surface area contributed by atoms with Gasteiger partial charge in [-0.3, -0.25) is 9.78 Å². The van der Waals surface area contributed by atoms with Crippen LogP contribution in [0.4, 0.5) is 0 Å². The van der Waals surface area contributed by atoms with Crippen molar-refractivity contribution < 1.29 is 13.2 Å².